The molecule has 0 bridgehead atoms. The fourth-order valence-electron chi connectivity index (χ4n) is 2.00. The average Bonchev–Trinajstić information content (AvgIpc) is 2.45. The minimum Gasteiger partial charge on any atom is -0.406 e. The molecule has 0 amide bonds. The molecule has 2 N–H and O–H groups in total. The Labute approximate surface area is 133 Å². The fraction of sp³-hybridized carbons (Fsp3) is 0.143. The number of halogens is 4. The van der Waals surface area contributed by atoms with Crippen molar-refractivity contribution in [2.45, 2.75) is 12.4 Å². The van der Waals surface area contributed by atoms with E-state index < -0.39 is 23.1 Å². The van der Waals surface area contributed by atoms with Crippen molar-refractivity contribution in [3.63, 3.8) is 0 Å². The number of ether oxygens (including phenoxy) is 1. The largest absolute Gasteiger partial charge is 0.573 e. The lowest BCUT2D eigenvalue weighted by molar-refractivity contribution is -0.385. The molecule has 1 atom stereocenters. The molecular weight excluding hydrogens is 337 g/mol. The van der Waals surface area contributed by atoms with Gasteiger partial charge in [0.15, 0.2) is 0 Å². The summed E-state index contributed by atoms with van der Waals surface area (Å²) >= 11 is 5.83. The van der Waals surface area contributed by atoms with E-state index in [4.69, 9.17) is 17.3 Å². The van der Waals surface area contributed by atoms with Crippen LogP contribution in [-0.2, 0) is 0 Å². The van der Waals surface area contributed by atoms with Crippen LogP contribution in [0.5, 0.6) is 5.75 Å². The van der Waals surface area contributed by atoms with Gasteiger partial charge in [0, 0.05) is 11.1 Å². The molecule has 9 heteroatoms. The van der Waals surface area contributed by atoms with Gasteiger partial charge < -0.3 is 10.5 Å². The molecule has 0 saturated heterocycles. The standard InChI is InChI=1S/C14H10ClF3N2O3/c15-9-3-6-12(20(21)22)11(7-9)13(19)8-1-4-10(5-2-8)23-14(16,17)18/h1-7,13H,19H2/t13-/m1/s1. The molecule has 0 saturated carbocycles. The number of nitro groups is 1. The van der Waals surface area contributed by atoms with Gasteiger partial charge in [0.1, 0.15) is 5.75 Å². The van der Waals surface area contributed by atoms with Crippen molar-refractivity contribution in [2.75, 3.05) is 0 Å². The van der Waals surface area contributed by atoms with E-state index in [1.807, 2.05) is 0 Å². The third kappa shape index (κ3) is 4.33. The second-order valence-corrected chi connectivity index (χ2v) is 4.99. The van der Waals surface area contributed by atoms with Gasteiger partial charge in [-0.1, -0.05) is 23.7 Å². The molecule has 0 aliphatic carbocycles. The van der Waals surface area contributed by atoms with Crippen LogP contribution >= 0.6 is 11.6 Å². The number of hydrogen-bond acceptors (Lipinski definition) is 4. The summed E-state index contributed by atoms with van der Waals surface area (Å²) in [6, 6.07) is 7.78. The number of nitrogens with zero attached hydrogens (tertiary/aromatic N) is 1. The van der Waals surface area contributed by atoms with E-state index in [1.165, 1.54) is 30.3 Å². The van der Waals surface area contributed by atoms with Gasteiger partial charge in [-0.2, -0.15) is 0 Å². The maximum absolute atomic E-state index is 12.1. The summed E-state index contributed by atoms with van der Waals surface area (Å²) in [5.74, 6) is -0.408. The average molecular weight is 347 g/mol. The maximum Gasteiger partial charge on any atom is 0.573 e. The van der Waals surface area contributed by atoms with Crippen molar-refractivity contribution in [1.82, 2.24) is 0 Å². The molecule has 23 heavy (non-hydrogen) atoms. The number of alkyl halides is 3. The molecule has 0 heterocycles. The van der Waals surface area contributed by atoms with Crippen molar-refractivity contribution < 1.29 is 22.8 Å². The minimum atomic E-state index is -4.80. The monoisotopic (exact) mass is 346 g/mol. The summed E-state index contributed by atoms with van der Waals surface area (Å²) < 4.78 is 40.1. The van der Waals surface area contributed by atoms with E-state index in [2.05, 4.69) is 4.74 Å². The summed E-state index contributed by atoms with van der Waals surface area (Å²) in [6.07, 6.45) is -4.80. The van der Waals surface area contributed by atoms with E-state index in [9.17, 15) is 23.3 Å². The van der Waals surface area contributed by atoms with E-state index >= 15 is 0 Å². The lowest BCUT2D eigenvalue weighted by Crippen LogP contribution is -2.17. The van der Waals surface area contributed by atoms with E-state index in [0.717, 1.165) is 12.1 Å². The van der Waals surface area contributed by atoms with Crippen LogP contribution in [0.1, 0.15) is 17.2 Å². The lowest BCUT2D eigenvalue weighted by atomic mass is 9.98. The molecule has 2 rings (SSSR count). The Hall–Kier alpha value is -2.32. The summed E-state index contributed by atoms with van der Waals surface area (Å²) in [6.45, 7) is 0. The quantitative estimate of drug-likeness (QED) is 0.665. The van der Waals surface area contributed by atoms with Crippen LogP contribution in [0.3, 0.4) is 0 Å². The van der Waals surface area contributed by atoms with Crippen molar-refractivity contribution in [3.05, 3.63) is 68.7 Å². The molecule has 0 aliphatic rings. The fourth-order valence-corrected chi connectivity index (χ4v) is 2.18. The summed E-state index contributed by atoms with van der Waals surface area (Å²) in [4.78, 5) is 10.4. The van der Waals surface area contributed by atoms with Crippen molar-refractivity contribution in [2.24, 2.45) is 5.73 Å². The molecule has 0 fully saturated rings. The van der Waals surface area contributed by atoms with Crippen LogP contribution in [0.15, 0.2) is 42.5 Å². The Morgan fingerprint density at radius 3 is 2.30 bits per heavy atom. The molecule has 122 valence electrons. The maximum atomic E-state index is 12.1. The van der Waals surface area contributed by atoms with Crippen LogP contribution in [0, 0.1) is 10.1 Å². The van der Waals surface area contributed by atoms with Gasteiger partial charge in [0.05, 0.1) is 16.5 Å². The van der Waals surface area contributed by atoms with Crippen LogP contribution in [-0.4, -0.2) is 11.3 Å². The number of nitrogens with two attached hydrogens (primary N) is 1. The third-order valence-corrected chi connectivity index (χ3v) is 3.23. The number of nitro benzene ring substituents is 1. The molecule has 0 unspecified atom stereocenters. The molecule has 2 aromatic rings. The Bertz CT molecular complexity index is 720. The zero-order valence-corrected chi connectivity index (χ0v) is 12.1. The van der Waals surface area contributed by atoms with Gasteiger partial charge in [-0.05, 0) is 29.8 Å². The first-order valence-corrected chi connectivity index (χ1v) is 6.60. The van der Waals surface area contributed by atoms with E-state index in [-0.39, 0.29) is 16.3 Å². The van der Waals surface area contributed by atoms with Crippen LogP contribution in [0.4, 0.5) is 18.9 Å². The molecule has 5 nitrogen and oxygen atoms in total. The first-order chi connectivity index (χ1) is 10.7. The van der Waals surface area contributed by atoms with Gasteiger partial charge >= 0.3 is 6.36 Å². The third-order valence-electron chi connectivity index (χ3n) is 2.99. The zero-order valence-electron chi connectivity index (χ0n) is 11.4. The Morgan fingerprint density at radius 1 is 1.17 bits per heavy atom. The second-order valence-electron chi connectivity index (χ2n) is 4.55. The highest BCUT2D eigenvalue weighted by molar-refractivity contribution is 6.30. The van der Waals surface area contributed by atoms with Gasteiger partial charge in [0.25, 0.3) is 5.69 Å². The first-order valence-electron chi connectivity index (χ1n) is 6.22. The molecule has 2 aromatic carbocycles. The molecular formula is C14H10ClF3N2O3. The van der Waals surface area contributed by atoms with Crippen molar-refractivity contribution in [3.8, 4) is 5.75 Å². The Morgan fingerprint density at radius 2 is 1.78 bits per heavy atom. The summed E-state index contributed by atoms with van der Waals surface area (Å²) in [5.41, 5.74) is 6.29. The summed E-state index contributed by atoms with van der Waals surface area (Å²) in [5, 5.41) is 11.3. The van der Waals surface area contributed by atoms with Crippen LogP contribution < -0.4 is 10.5 Å². The van der Waals surface area contributed by atoms with Crippen LogP contribution in [0.2, 0.25) is 5.02 Å². The highest BCUT2D eigenvalue weighted by Crippen LogP contribution is 2.32. The lowest BCUT2D eigenvalue weighted by Gasteiger charge is -2.14. The zero-order chi connectivity index (χ0) is 17.2. The first kappa shape index (κ1) is 17.0. The van der Waals surface area contributed by atoms with Crippen molar-refractivity contribution >= 4 is 17.3 Å². The predicted octanol–water partition coefficient (Wildman–Crippen LogP) is 4.19. The number of hydrogen-bond donors (Lipinski definition) is 1. The minimum absolute atomic E-state index is 0.159. The number of benzene rings is 2. The van der Waals surface area contributed by atoms with E-state index in [1.54, 1.807) is 0 Å². The Balaban J connectivity index is 2.32. The molecule has 0 spiro atoms. The SMILES string of the molecule is N[C@H](c1ccc(OC(F)(F)F)cc1)c1cc(Cl)ccc1[N+](=O)[O-]. The normalized spacial score (nSPS) is 12.7. The van der Waals surface area contributed by atoms with Crippen LogP contribution in [0.25, 0.3) is 0 Å². The predicted molar refractivity (Wildman–Crippen MR) is 77.3 cm³/mol. The van der Waals surface area contributed by atoms with Gasteiger partial charge in [-0.15, -0.1) is 13.2 Å². The topological polar surface area (TPSA) is 78.4 Å². The van der Waals surface area contributed by atoms with Gasteiger partial charge in [-0.25, -0.2) is 0 Å². The highest BCUT2D eigenvalue weighted by Gasteiger charge is 2.31. The van der Waals surface area contributed by atoms with Gasteiger partial charge in [0.2, 0.25) is 0 Å². The van der Waals surface area contributed by atoms with Crippen molar-refractivity contribution in [1.29, 1.82) is 0 Å². The Kier molecular flexibility index (Phi) is 4.76. The smallest absolute Gasteiger partial charge is 0.406 e. The highest BCUT2D eigenvalue weighted by atomic mass is 35.5. The second kappa shape index (κ2) is 6.43. The van der Waals surface area contributed by atoms with Gasteiger partial charge in [-0.3, -0.25) is 10.1 Å². The molecule has 0 radical (unpaired) electrons. The molecule has 0 aliphatic heterocycles. The van der Waals surface area contributed by atoms with E-state index in [0.29, 0.717) is 5.56 Å². The molecule has 0 aromatic heterocycles. The summed E-state index contributed by atoms with van der Waals surface area (Å²) in [7, 11) is 0. The number of rotatable bonds is 4.